The van der Waals surface area contributed by atoms with Gasteiger partial charge in [0.15, 0.2) is 0 Å². The number of hydrogen-bond donors (Lipinski definition) is 2. The molecule has 2 aliphatic rings. The van der Waals surface area contributed by atoms with Gasteiger partial charge in [-0.05, 0) is 34.1 Å². The van der Waals surface area contributed by atoms with Gasteiger partial charge in [-0.3, -0.25) is 14.5 Å². The third-order valence-corrected chi connectivity index (χ3v) is 7.70. The van der Waals surface area contributed by atoms with Gasteiger partial charge in [0.25, 0.3) is 5.91 Å². The second-order valence-corrected chi connectivity index (χ2v) is 11.6. The Labute approximate surface area is 235 Å². The molecule has 5 rings (SSSR count). The Morgan fingerprint density at radius 3 is 2.20 bits per heavy atom. The molecule has 7 nitrogen and oxygen atoms in total. The van der Waals surface area contributed by atoms with Crippen LogP contribution in [-0.4, -0.2) is 47.8 Å². The molecule has 0 aromatic heterocycles. The Kier molecular flexibility index (Phi) is 7.48. The zero-order valence-electron chi connectivity index (χ0n) is 23.5. The molecule has 0 radical (unpaired) electrons. The molecule has 206 valence electrons. The predicted octanol–water partition coefficient (Wildman–Crippen LogP) is 4.88. The van der Waals surface area contributed by atoms with Crippen LogP contribution in [0.2, 0.25) is 0 Å². The normalized spacial score (nSPS) is 17.9. The Morgan fingerprint density at radius 2 is 1.57 bits per heavy atom. The highest BCUT2D eigenvalue weighted by Gasteiger charge is 2.43. The van der Waals surface area contributed by atoms with Crippen LogP contribution >= 0.6 is 0 Å². The van der Waals surface area contributed by atoms with Crippen LogP contribution in [0.15, 0.2) is 96.2 Å². The van der Waals surface area contributed by atoms with Gasteiger partial charge >= 0.3 is 6.03 Å². The van der Waals surface area contributed by atoms with Crippen LogP contribution in [0.25, 0.3) is 0 Å². The number of amides is 4. The molecule has 0 fully saturated rings. The van der Waals surface area contributed by atoms with Gasteiger partial charge in [-0.15, -0.1) is 0 Å². The summed E-state index contributed by atoms with van der Waals surface area (Å²) in [5.41, 5.74) is 5.26. The Bertz CT molecular complexity index is 1430. The zero-order valence-corrected chi connectivity index (χ0v) is 23.5. The van der Waals surface area contributed by atoms with Crippen molar-refractivity contribution in [2.75, 3.05) is 20.1 Å². The van der Waals surface area contributed by atoms with Crippen LogP contribution in [-0.2, 0) is 21.4 Å². The van der Waals surface area contributed by atoms with E-state index in [1.807, 2.05) is 84.9 Å². The van der Waals surface area contributed by atoms with Crippen LogP contribution in [0.5, 0.6) is 0 Å². The number of hydrogen-bond acceptors (Lipinski definition) is 3. The lowest BCUT2D eigenvalue weighted by Gasteiger charge is -2.31. The largest absolute Gasteiger partial charge is 0.347 e. The first kappa shape index (κ1) is 27.2. The molecule has 2 aliphatic heterocycles. The summed E-state index contributed by atoms with van der Waals surface area (Å²) in [5, 5.41) is 6.12. The van der Waals surface area contributed by atoms with E-state index in [0.717, 1.165) is 16.7 Å². The lowest BCUT2D eigenvalue weighted by atomic mass is 9.85. The molecule has 40 heavy (non-hydrogen) atoms. The topological polar surface area (TPSA) is 81.8 Å². The van der Waals surface area contributed by atoms with Crippen LogP contribution in [0.4, 0.5) is 4.79 Å². The number of likely N-dealkylation sites (N-methyl/N-ethyl adjacent to an activating group) is 1. The Hall–Kier alpha value is -4.39. The summed E-state index contributed by atoms with van der Waals surface area (Å²) in [7, 11) is 1.66. The van der Waals surface area contributed by atoms with Crippen molar-refractivity contribution >= 4 is 17.8 Å². The second kappa shape index (κ2) is 11.0. The van der Waals surface area contributed by atoms with Gasteiger partial charge in [0.2, 0.25) is 5.91 Å². The molecular formula is C33H36N4O3. The molecule has 2 N–H and O–H groups in total. The molecule has 4 amide bonds. The fourth-order valence-corrected chi connectivity index (χ4v) is 5.38. The highest BCUT2D eigenvalue weighted by Crippen LogP contribution is 2.36. The third kappa shape index (κ3) is 5.64. The lowest BCUT2D eigenvalue weighted by Crippen LogP contribution is -2.45. The molecule has 0 spiro atoms. The van der Waals surface area contributed by atoms with E-state index in [2.05, 4.69) is 31.4 Å². The summed E-state index contributed by atoms with van der Waals surface area (Å²) < 4.78 is 0. The first-order valence-corrected chi connectivity index (χ1v) is 13.7. The molecule has 3 aromatic rings. The SMILES string of the molecule is CN1C(=O)NC(c2ccc(C(C)(C)C)cc2)C2=C1CN(CC(=O)NC(Cc1ccccc1)c1ccccc1)C2=O. The van der Waals surface area contributed by atoms with Crippen LogP contribution < -0.4 is 10.6 Å². The van der Waals surface area contributed by atoms with Crippen molar-refractivity contribution in [3.8, 4) is 0 Å². The van der Waals surface area contributed by atoms with E-state index >= 15 is 0 Å². The number of carbonyl (C=O) groups is 3. The predicted molar refractivity (Wildman–Crippen MR) is 155 cm³/mol. The molecule has 0 saturated carbocycles. The molecule has 2 atom stereocenters. The molecule has 0 aliphatic carbocycles. The van der Waals surface area contributed by atoms with E-state index in [9.17, 15) is 14.4 Å². The summed E-state index contributed by atoms with van der Waals surface area (Å²) in [4.78, 5) is 42.9. The lowest BCUT2D eigenvalue weighted by molar-refractivity contribution is -0.132. The maximum atomic E-state index is 13.7. The number of nitrogens with one attached hydrogen (secondary N) is 2. The number of urea groups is 1. The van der Waals surface area contributed by atoms with Crippen molar-refractivity contribution < 1.29 is 14.4 Å². The van der Waals surface area contributed by atoms with E-state index in [-0.39, 0.29) is 42.4 Å². The van der Waals surface area contributed by atoms with E-state index in [1.165, 1.54) is 15.4 Å². The summed E-state index contributed by atoms with van der Waals surface area (Å²) in [6, 6.07) is 26.8. The highest BCUT2D eigenvalue weighted by molar-refractivity contribution is 6.03. The average molecular weight is 537 g/mol. The minimum Gasteiger partial charge on any atom is -0.347 e. The van der Waals surface area contributed by atoms with Crippen molar-refractivity contribution in [3.05, 3.63) is 118 Å². The first-order valence-electron chi connectivity index (χ1n) is 13.7. The van der Waals surface area contributed by atoms with Crippen LogP contribution in [0.1, 0.15) is 55.1 Å². The molecule has 7 heteroatoms. The summed E-state index contributed by atoms with van der Waals surface area (Å²) in [5.74, 6) is -0.479. The van der Waals surface area contributed by atoms with Crippen molar-refractivity contribution in [2.24, 2.45) is 0 Å². The monoisotopic (exact) mass is 536 g/mol. The molecule has 0 bridgehead atoms. The molecule has 2 heterocycles. The van der Waals surface area contributed by atoms with Gasteiger partial charge in [0.1, 0.15) is 6.54 Å². The minimum atomic E-state index is -0.566. The van der Waals surface area contributed by atoms with Crippen molar-refractivity contribution in [1.82, 2.24) is 20.4 Å². The van der Waals surface area contributed by atoms with Crippen molar-refractivity contribution in [2.45, 2.75) is 44.7 Å². The zero-order chi connectivity index (χ0) is 28.4. The van der Waals surface area contributed by atoms with Gasteiger partial charge in [-0.2, -0.15) is 0 Å². The smallest absolute Gasteiger partial charge is 0.322 e. The molecule has 3 aromatic carbocycles. The molecule has 0 saturated heterocycles. The van der Waals surface area contributed by atoms with E-state index in [4.69, 9.17) is 0 Å². The molecular weight excluding hydrogens is 500 g/mol. The second-order valence-electron chi connectivity index (χ2n) is 11.6. The quantitative estimate of drug-likeness (QED) is 0.452. The van der Waals surface area contributed by atoms with Crippen LogP contribution in [0.3, 0.4) is 0 Å². The average Bonchev–Trinajstić information content (AvgIpc) is 3.26. The first-order chi connectivity index (χ1) is 19.1. The number of nitrogens with zero attached hydrogens (tertiary/aromatic N) is 2. The fourth-order valence-electron chi connectivity index (χ4n) is 5.38. The number of carbonyl (C=O) groups excluding carboxylic acids is 3. The van der Waals surface area contributed by atoms with Gasteiger partial charge in [0.05, 0.1) is 29.9 Å². The van der Waals surface area contributed by atoms with E-state index in [0.29, 0.717) is 17.7 Å². The number of benzene rings is 3. The fraction of sp³-hybridized carbons (Fsp3) is 0.303. The maximum absolute atomic E-state index is 13.7. The van der Waals surface area contributed by atoms with Gasteiger partial charge in [-0.1, -0.05) is 106 Å². The van der Waals surface area contributed by atoms with E-state index in [1.54, 1.807) is 7.05 Å². The number of rotatable bonds is 7. The van der Waals surface area contributed by atoms with Crippen molar-refractivity contribution in [1.29, 1.82) is 0 Å². The highest BCUT2D eigenvalue weighted by atomic mass is 16.2. The maximum Gasteiger partial charge on any atom is 0.322 e. The van der Waals surface area contributed by atoms with Gasteiger partial charge < -0.3 is 15.5 Å². The molecule has 2 unspecified atom stereocenters. The summed E-state index contributed by atoms with van der Waals surface area (Å²) in [6.07, 6.45) is 0.632. The van der Waals surface area contributed by atoms with Crippen molar-refractivity contribution in [3.63, 3.8) is 0 Å². The van der Waals surface area contributed by atoms with E-state index < -0.39 is 6.04 Å². The summed E-state index contributed by atoms with van der Waals surface area (Å²) >= 11 is 0. The van der Waals surface area contributed by atoms with Gasteiger partial charge in [-0.25, -0.2) is 4.79 Å². The standard InChI is InChI=1S/C33H36N4O3/c1-33(2,3)25-17-15-24(16-18-25)30-29-27(36(4)32(40)35-30)20-37(31(29)39)21-28(38)34-26(23-13-9-6-10-14-23)19-22-11-7-5-8-12-22/h5-18,26,30H,19-21H2,1-4H3,(H,34,38)(H,35,40). The third-order valence-electron chi connectivity index (χ3n) is 7.70. The summed E-state index contributed by atoms with van der Waals surface area (Å²) in [6.45, 7) is 6.54. The van der Waals surface area contributed by atoms with Crippen LogP contribution in [0, 0.1) is 0 Å². The van der Waals surface area contributed by atoms with Gasteiger partial charge in [0, 0.05) is 7.05 Å². The Balaban J connectivity index is 1.33. The minimum absolute atomic E-state index is 0.00948. The Morgan fingerprint density at radius 1 is 0.950 bits per heavy atom.